The summed E-state index contributed by atoms with van der Waals surface area (Å²) in [4.78, 5) is 2.20. The Morgan fingerprint density at radius 3 is 2.64 bits per heavy atom. The van der Waals surface area contributed by atoms with Gasteiger partial charge in [-0.05, 0) is 22.3 Å². The van der Waals surface area contributed by atoms with Crippen molar-refractivity contribution < 1.29 is 0 Å². The molecule has 1 aliphatic heterocycles. The van der Waals surface area contributed by atoms with E-state index >= 15 is 0 Å². The molecule has 0 aromatic rings. The zero-order valence-corrected chi connectivity index (χ0v) is 8.63. The Hall–Kier alpha value is -0.160. The van der Waals surface area contributed by atoms with Crippen molar-refractivity contribution >= 4 is 28.8 Å². The first-order valence-corrected chi connectivity index (χ1v) is 4.70. The van der Waals surface area contributed by atoms with Gasteiger partial charge in [-0.1, -0.05) is 28.7 Å². The summed E-state index contributed by atoms with van der Waals surface area (Å²) >= 11 is 2.20. The topological polar surface area (TPSA) is 27.1 Å². The zero-order chi connectivity index (χ0) is 8.27. The molecule has 1 rings (SSSR count). The van der Waals surface area contributed by atoms with Gasteiger partial charge in [0, 0.05) is 19.3 Å². The van der Waals surface area contributed by atoms with Gasteiger partial charge in [0.05, 0.1) is 0 Å². The first kappa shape index (κ1) is 8.93. The van der Waals surface area contributed by atoms with E-state index in [1.807, 2.05) is 4.08 Å². The highest BCUT2D eigenvalue weighted by Gasteiger charge is 2.14. The summed E-state index contributed by atoms with van der Waals surface area (Å²) in [5.41, 5.74) is 2.41. The molecule has 3 heteroatoms. The number of nitrogens with one attached hydrogen (secondary N) is 1. The summed E-state index contributed by atoms with van der Waals surface area (Å²) < 4.78 is 2.00. The Morgan fingerprint density at radius 2 is 2.09 bits per heavy atom. The fourth-order valence-corrected chi connectivity index (χ4v) is 1.65. The van der Waals surface area contributed by atoms with Crippen LogP contribution in [-0.2, 0) is 0 Å². The van der Waals surface area contributed by atoms with Gasteiger partial charge in [0.25, 0.3) is 0 Å². The minimum atomic E-state index is 0.916. The number of rotatable bonds is 2. The highest BCUT2D eigenvalue weighted by molar-refractivity contribution is 14.1. The lowest BCUT2D eigenvalue weighted by molar-refractivity contribution is 0.429. The van der Waals surface area contributed by atoms with Crippen LogP contribution in [0.3, 0.4) is 0 Å². The quantitative estimate of drug-likeness (QED) is 0.596. The molecule has 0 unspecified atom stereocenters. The first-order valence-electron chi connectivity index (χ1n) is 3.45. The van der Waals surface area contributed by atoms with Crippen LogP contribution in [0, 0.1) is 5.41 Å². The lowest BCUT2D eigenvalue weighted by atomic mass is 10.2. The van der Waals surface area contributed by atoms with Crippen molar-refractivity contribution in [2.24, 2.45) is 0 Å². The van der Waals surface area contributed by atoms with Crippen LogP contribution < -0.4 is 0 Å². The highest BCUT2D eigenvalue weighted by atomic mass is 127. The third kappa shape index (κ3) is 2.13. The summed E-state index contributed by atoms with van der Waals surface area (Å²) in [5, 5.41) is 7.15. The predicted octanol–water partition coefficient (Wildman–Crippen LogP) is 1.83. The molecule has 1 aliphatic rings. The smallest absolute Gasteiger partial charge is 0.0252 e. The Labute approximate surface area is 80.6 Å². The van der Waals surface area contributed by atoms with E-state index < -0.39 is 0 Å². The molecule has 11 heavy (non-hydrogen) atoms. The third-order valence-corrected chi connectivity index (χ3v) is 2.09. The lowest BCUT2D eigenvalue weighted by Gasteiger charge is -2.04. The average Bonchev–Trinajstić information content (AvgIpc) is 2.32. The SMILES string of the molecule is CN1CC(C=N)=C(/C=C\I)C1. The molecule has 2 nitrogen and oxygen atoms in total. The summed E-state index contributed by atoms with van der Waals surface area (Å²) in [7, 11) is 2.07. The summed E-state index contributed by atoms with van der Waals surface area (Å²) in [6.07, 6.45) is 3.53. The largest absolute Gasteiger partial charge is 0.308 e. The van der Waals surface area contributed by atoms with Gasteiger partial charge < -0.3 is 5.41 Å². The van der Waals surface area contributed by atoms with Crippen LogP contribution in [-0.4, -0.2) is 31.3 Å². The van der Waals surface area contributed by atoms with Gasteiger partial charge in [0.2, 0.25) is 0 Å². The molecule has 1 heterocycles. The molecule has 1 N–H and O–H groups in total. The minimum Gasteiger partial charge on any atom is -0.308 e. The second kappa shape index (κ2) is 4.01. The molecule has 0 amide bonds. The van der Waals surface area contributed by atoms with E-state index in [2.05, 4.69) is 40.6 Å². The molecule has 0 atom stereocenters. The Morgan fingerprint density at radius 1 is 1.45 bits per heavy atom. The molecule has 0 aromatic carbocycles. The van der Waals surface area contributed by atoms with Crippen molar-refractivity contribution in [3.63, 3.8) is 0 Å². The normalized spacial score (nSPS) is 20.2. The van der Waals surface area contributed by atoms with Crippen molar-refractivity contribution in [1.29, 1.82) is 5.41 Å². The van der Waals surface area contributed by atoms with Crippen molar-refractivity contribution in [2.75, 3.05) is 20.1 Å². The van der Waals surface area contributed by atoms with Gasteiger partial charge >= 0.3 is 0 Å². The number of hydrogen-bond donors (Lipinski definition) is 1. The molecule has 0 aliphatic carbocycles. The number of nitrogens with zero attached hydrogens (tertiary/aromatic N) is 1. The van der Waals surface area contributed by atoms with E-state index in [0.29, 0.717) is 0 Å². The Kier molecular flexibility index (Phi) is 3.26. The average molecular weight is 262 g/mol. The maximum Gasteiger partial charge on any atom is 0.0252 e. The Bertz CT molecular complexity index is 218. The summed E-state index contributed by atoms with van der Waals surface area (Å²) in [6.45, 7) is 1.89. The molecule has 0 saturated carbocycles. The fraction of sp³-hybridized carbons (Fsp3) is 0.375. The molecular formula is C8H11IN2. The molecule has 0 radical (unpaired) electrons. The second-order valence-corrected chi connectivity index (χ2v) is 3.38. The van der Waals surface area contributed by atoms with Gasteiger partial charge in [-0.3, -0.25) is 4.90 Å². The summed E-state index contributed by atoms with van der Waals surface area (Å²) in [6, 6.07) is 0. The molecular weight excluding hydrogens is 251 g/mol. The van der Waals surface area contributed by atoms with Gasteiger partial charge in [0.15, 0.2) is 0 Å². The van der Waals surface area contributed by atoms with Crippen LogP contribution in [0.15, 0.2) is 21.3 Å². The first-order chi connectivity index (χ1) is 5.27. The van der Waals surface area contributed by atoms with Crippen LogP contribution in [0.1, 0.15) is 0 Å². The van der Waals surface area contributed by atoms with E-state index in [1.165, 1.54) is 11.8 Å². The molecule has 60 valence electrons. The van der Waals surface area contributed by atoms with Crippen molar-refractivity contribution in [1.82, 2.24) is 4.90 Å². The monoisotopic (exact) mass is 262 g/mol. The van der Waals surface area contributed by atoms with Crippen LogP contribution in [0.25, 0.3) is 0 Å². The van der Waals surface area contributed by atoms with E-state index in [9.17, 15) is 0 Å². The van der Waals surface area contributed by atoms with Crippen LogP contribution in [0.2, 0.25) is 0 Å². The van der Waals surface area contributed by atoms with Crippen LogP contribution in [0.5, 0.6) is 0 Å². The van der Waals surface area contributed by atoms with E-state index in [0.717, 1.165) is 18.7 Å². The zero-order valence-electron chi connectivity index (χ0n) is 6.47. The third-order valence-electron chi connectivity index (χ3n) is 1.73. The molecule has 0 fully saturated rings. The highest BCUT2D eigenvalue weighted by Crippen LogP contribution is 2.15. The van der Waals surface area contributed by atoms with Crippen molar-refractivity contribution in [3.8, 4) is 0 Å². The van der Waals surface area contributed by atoms with Crippen LogP contribution in [0.4, 0.5) is 0 Å². The van der Waals surface area contributed by atoms with E-state index in [1.54, 1.807) is 0 Å². The molecule has 0 aromatic heterocycles. The predicted molar refractivity (Wildman–Crippen MR) is 56.5 cm³/mol. The maximum atomic E-state index is 7.15. The number of halogens is 1. The number of hydrogen-bond acceptors (Lipinski definition) is 2. The lowest BCUT2D eigenvalue weighted by Crippen LogP contribution is -2.14. The maximum absolute atomic E-state index is 7.15. The van der Waals surface area contributed by atoms with Gasteiger partial charge in [-0.15, -0.1) is 0 Å². The van der Waals surface area contributed by atoms with Gasteiger partial charge in [-0.2, -0.15) is 0 Å². The van der Waals surface area contributed by atoms with Crippen molar-refractivity contribution in [3.05, 3.63) is 21.3 Å². The fourth-order valence-electron chi connectivity index (χ4n) is 1.21. The van der Waals surface area contributed by atoms with E-state index in [4.69, 9.17) is 5.41 Å². The standard InChI is InChI=1S/C8H11IN2/c1-11-5-7(2-3-9)8(4-10)6-11/h2-4,10H,5-6H2,1H3/b3-2-,10-4?. The second-order valence-electron chi connectivity index (χ2n) is 2.66. The van der Waals surface area contributed by atoms with Gasteiger partial charge in [0.1, 0.15) is 0 Å². The van der Waals surface area contributed by atoms with Gasteiger partial charge in [-0.25, -0.2) is 0 Å². The summed E-state index contributed by atoms with van der Waals surface area (Å²) in [5.74, 6) is 0. The number of likely N-dealkylation sites (N-methyl/N-ethyl adjacent to an activating group) is 1. The molecule has 0 spiro atoms. The molecule has 0 saturated heterocycles. The Balaban J connectivity index is 2.79. The minimum absolute atomic E-state index is 0.916. The van der Waals surface area contributed by atoms with Crippen LogP contribution >= 0.6 is 22.6 Å². The van der Waals surface area contributed by atoms with Crippen molar-refractivity contribution in [2.45, 2.75) is 0 Å². The molecule has 0 bridgehead atoms. The van der Waals surface area contributed by atoms with E-state index in [-0.39, 0.29) is 0 Å².